The molecule has 120 valence electrons. The second kappa shape index (κ2) is 8.09. The van der Waals surface area contributed by atoms with Gasteiger partial charge in [0.15, 0.2) is 10.8 Å². The first kappa shape index (κ1) is 16.7. The van der Waals surface area contributed by atoms with Crippen LogP contribution in [-0.4, -0.2) is 30.6 Å². The number of anilines is 1. The predicted octanol–water partition coefficient (Wildman–Crippen LogP) is 2.98. The summed E-state index contributed by atoms with van der Waals surface area (Å²) in [5.74, 6) is -0.176. The molecule has 0 bridgehead atoms. The fourth-order valence-corrected chi connectivity index (χ4v) is 2.43. The van der Waals surface area contributed by atoms with Gasteiger partial charge in [-0.25, -0.2) is 9.78 Å². The summed E-state index contributed by atoms with van der Waals surface area (Å²) in [5.41, 5.74) is 0.970. The van der Waals surface area contributed by atoms with Gasteiger partial charge in [0.1, 0.15) is 5.75 Å². The number of benzene rings is 1. The Labute approximate surface area is 137 Å². The van der Waals surface area contributed by atoms with E-state index in [0.29, 0.717) is 10.9 Å². The zero-order chi connectivity index (χ0) is 16.7. The van der Waals surface area contributed by atoms with Crippen LogP contribution in [0, 0.1) is 0 Å². The molecule has 0 aliphatic heterocycles. The normalized spacial score (nSPS) is 10.5. The number of nitrogens with zero attached hydrogens (tertiary/aromatic N) is 1. The van der Waals surface area contributed by atoms with E-state index in [1.807, 2.05) is 24.3 Å². The van der Waals surface area contributed by atoms with Gasteiger partial charge in [-0.1, -0.05) is 18.2 Å². The molecule has 23 heavy (non-hydrogen) atoms. The fraction of sp³-hybridized carbons (Fsp3) is 0.188. The van der Waals surface area contributed by atoms with Gasteiger partial charge < -0.3 is 9.47 Å². The summed E-state index contributed by atoms with van der Waals surface area (Å²) >= 11 is 1.16. The number of thiazole rings is 1. The molecule has 0 aliphatic rings. The summed E-state index contributed by atoms with van der Waals surface area (Å²) in [5, 5.41) is 4.48. The summed E-state index contributed by atoms with van der Waals surface area (Å²) in [7, 11) is 1.57. The van der Waals surface area contributed by atoms with Crippen LogP contribution in [0.15, 0.2) is 35.7 Å². The highest BCUT2D eigenvalue weighted by Crippen LogP contribution is 2.19. The molecule has 2 rings (SSSR count). The van der Waals surface area contributed by atoms with Crippen LogP contribution in [-0.2, 0) is 9.53 Å². The number of nitrogens with one attached hydrogen (secondary N) is 1. The highest BCUT2D eigenvalue weighted by molar-refractivity contribution is 7.14. The monoisotopic (exact) mass is 332 g/mol. The van der Waals surface area contributed by atoms with Gasteiger partial charge in [-0.05, 0) is 19.1 Å². The Morgan fingerprint density at radius 2 is 2.13 bits per heavy atom. The molecule has 0 saturated carbocycles. The maximum atomic E-state index is 11.9. The molecule has 0 unspecified atom stereocenters. The van der Waals surface area contributed by atoms with Crippen molar-refractivity contribution in [3.8, 4) is 5.75 Å². The molecule has 0 atom stereocenters. The van der Waals surface area contributed by atoms with E-state index in [0.717, 1.165) is 16.9 Å². The van der Waals surface area contributed by atoms with E-state index in [9.17, 15) is 9.59 Å². The van der Waals surface area contributed by atoms with Crippen LogP contribution in [0.5, 0.6) is 5.75 Å². The van der Waals surface area contributed by atoms with Gasteiger partial charge >= 0.3 is 5.97 Å². The zero-order valence-corrected chi connectivity index (χ0v) is 13.6. The average molecular weight is 332 g/mol. The number of aromatic nitrogens is 1. The topological polar surface area (TPSA) is 77.5 Å². The SMILES string of the molecule is CCOC(=O)c1csc(NC(=O)/C=C/c2ccccc2OC)n1. The molecule has 1 amide bonds. The number of carbonyl (C=O) groups is 2. The number of carbonyl (C=O) groups excluding carboxylic acids is 2. The van der Waals surface area contributed by atoms with Gasteiger partial charge in [0.05, 0.1) is 13.7 Å². The van der Waals surface area contributed by atoms with Crippen molar-refractivity contribution in [3.05, 3.63) is 47.0 Å². The van der Waals surface area contributed by atoms with Gasteiger partial charge in [-0.15, -0.1) is 11.3 Å². The van der Waals surface area contributed by atoms with Crippen molar-refractivity contribution in [2.45, 2.75) is 6.92 Å². The summed E-state index contributed by atoms with van der Waals surface area (Å²) in [6, 6.07) is 7.35. The van der Waals surface area contributed by atoms with Gasteiger partial charge in [0.25, 0.3) is 0 Å². The number of methoxy groups -OCH3 is 1. The Balaban J connectivity index is 1.99. The molecule has 7 heteroatoms. The number of hydrogen-bond acceptors (Lipinski definition) is 6. The number of ether oxygens (including phenoxy) is 2. The summed E-state index contributed by atoms with van der Waals surface area (Å²) < 4.78 is 10.0. The van der Waals surface area contributed by atoms with E-state index < -0.39 is 5.97 Å². The van der Waals surface area contributed by atoms with Crippen LogP contribution >= 0.6 is 11.3 Å². The lowest BCUT2D eigenvalue weighted by atomic mass is 10.2. The first-order valence-electron chi connectivity index (χ1n) is 6.88. The van der Waals surface area contributed by atoms with E-state index in [2.05, 4.69) is 10.3 Å². The van der Waals surface area contributed by atoms with Crippen LogP contribution < -0.4 is 10.1 Å². The van der Waals surface area contributed by atoms with Gasteiger partial charge in [-0.2, -0.15) is 0 Å². The zero-order valence-electron chi connectivity index (χ0n) is 12.7. The van der Waals surface area contributed by atoms with Crippen molar-refractivity contribution in [1.29, 1.82) is 0 Å². The maximum absolute atomic E-state index is 11.9. The predicted molar refractivity (Wildman–Crippen MR) is 88.7 cm³/mol. The summed E-state index contributed by atoms with van der Waals surface area (Å²) in [6.07, 6.45) is 3.03. The minimum absolute atomic E-state index is 0.181. The molecule has 6 nitrogen and oxygen atoms in total. The molecule has 0 saturated heterocycles. The molecule has 0 spiro atoms. The van der Waals surface area contributed by atoms with E-state index >= 15 is 0 Å². The van der Waals surface area contributed by atoms with Crippen molar-refractivity contribution < 1.29 is 19.1 Å². The molecule has 1 aromatic carbocycles. The lowest BCUT2D eigenvalue weighted by Crippen LogP contribution is -2.09. The summed E-state index contributed by atoms with van der Waals surface area (Å²) in [6.45, 7) is 2.00. The van der Waals surface area contributed by atoms with Crippen LogP contribution in [0.3, 0.4) is 0 Å². The third-order valence-corrected chi connectivity index (χ3v) is 3.53. The quantitative estimate of drug-likeness (QED) is 0.650. The molecular weight excluding hydrogens is 316 g/mol. The van der Waals surface area contributed by atoms with Crippen molar-refractivity contribution in [3.63, 3.8) is 0 Å². The van der Waals surface area contributed by atoms with E-state index in [1.54, 1.807) is 20.1 Å². The second-order valence-corrected chi connectivity index (χ2v) is 5.18. The van der Waals surface area contributed by atoms with Crippen LogP contribution in [0.25, 0.3) is 6.08 Å². The minimum Gasteiger partial charge on any atom is -0.496 e. The molecular formula is C16H16N2O4S. The van der Waals surface area contributed by atoms with Gasteiger partial charge in [0.2, 0.25) is 5.91 Å². The first-order valence-corrected chi connectivity index (χ1v) is 7.76. The van der Waals surface area contributed by atoms with Crippen LogP contribution in [0.4, 0.5) is 5.13 Å². The molecule has 0 fully saturated rings. The van der Waals surface area contributed by atoms with Crippen molar-refractivity contribution in [2.24, 2.45) is 0 Å². The van der Waals surface area contributed by atoms with Gasteiger partial charge in [0, 0.05) is 17.0 Å². The number of amides is 1. The lowest BCUT2D eigenvalue weighted by molar-refractivity contribution is -0.111. The average Bonchev–Trinajstić information content (AvgIpc) is 3.02. The minimum atomic E-state index is -0.506. The van der Waals surface area contributed by atoms with Crippen LogP contribution in [0.1, 0.15) is 23.0 Å². The third kappa shape index (κ3) is 4.65. The van der Waals surface area contributed by atoms with E-state index in [1.165, 1.54) is 11.5 Å². The molecule has 0 radical (unpaired) electrons. The highest BCUT2D eigenvalue weighted by Gasteiger charge is 2.12. The maximum Gasteiger partial charge on any atom is 0.357 e. The number of esters is 1. The Morgan fingerprint density at radius 1 is 1.35 bits per heavy atom. The third-order valence-electron chi connectivity index (χ3n) is 2.77. The molecule has 1 aromatic heterocycles. The molecule has 2 aromatic rings. The van der Waals surface area contributed by atoms with Gasteiger partial charge in [-0.3, -0.25) is 10.1 Å². The standard InChI is InChI=1S/C16H16N2O4S/c1-3-22-15(20)12-10-23-16(17-12)18-14(19)9-8-11-6-4-5-7-13(11)21-2/h4-10H,3H2,1-2H3,(H,17,18,19)/b9-8+. The Bertz CT molecular complexity index is 724. The van der Waals surface area contributed by atoms with E-state index in [-0.39, 0.29) is 18.2 Å². The molecule has 1 heterocycles. The molecule has 0 aliphatic carbocycles. The Hall–Kier alpha value is -2.67. The van der Waals surface area contributed by atoms with Crippen molar-refractivity contribution >= 4 is 34.4 Å². The van der Waals surface area contributed by atoms with Crippen molar-refractivity contribution in [2.75, 3.05) is 19.0 Å². The van der Waals surface area contributed by atoms with Crippen LogP contribution in [0.2, 0.25) is 0 Å². The second-order valence-electron chi connectivity index (χ2n) is 4.32. The fourth-order valence-electron chi connectivity index (χ4n) is 1.75. The highest BCUT2D eigenvalue weighted by atomic mass is 32.1. The van der Waals surface area contributed by atoms with Crippen molar-refractivity contribution in [1.82, 2.24) is 4.98 Å². The summed E-state index contributed by atoms with van der Waals surface area (Å²) in [4.78, 5) is 27.4. The molecule has 1 N–H and O–H groups in total. The largest absolute Gasteiger partial charge is 0.496 e. The number of hydrogen-bond donors (Lipinski definition) is 1. The lowest BCUT2D eigenvalue weighted by Gasteiger charge is -2.03. The number of para-hydroxylation sites is 1. The Morgan fingerprint density at radius 3 is 2.87 bits per heavy atom. The number of rotatable bonds is 6. The Kier molecular flexibility index (Phi) is 5.87. The first-order chi connectivity index (χ1) is 11.1. The smallest absolute Gasteiger partial charge is 0.357 e. The van der Waals surface area contributed by atoms with E-state index in [4.69, 9.17) is 9.47 Å².